The van der Waals surface area contributed by atoms with Gasteiger partial charge in [0.05, 0.1) is 16.9 Å². The average Bonchev–Trinajstić information content (AvgIpc) is 3.11. The Morgan fingerprint density at radius 2 is 1.56 bits per heavy atom. The lowest BCUT2D eigenvalue weighted by molar-refractivity contribution is 0.0939. The zero-order valence-electron chi connectivity index (χ0n) is 13.4. The molecule has 2 aromatic carbocycles. The third-order valence-corrected chi connectivity index (χ3v) is 4.12. The number of carbonyl (C=O) groups is 1. The molecule has 1 amide bonds. The van der Waals surface area contributed by atoms with E-state index in [-0.39, 0.29) is 11.9 Å². The number of carbonyl (C=O) groups excluding carboxylic acids is 1. The summed E-state index contributed by atoms with van der Waals surface area (Å²) in [5.74, 6) is -0.239. The fourth-order valence-electron chi connectivity index (χ4n) is 2.88. The molecule has 0 unspecified atom stereocenters. The second kappa shape index (κ2) is 6.57. The normalized spacial score (nSPS) is 10.9. The number of nitrogens with one attached hydrogen (secondary N) is 2. The molecule has 25 heavy (non-hydrogen) atoms. The fourth-order valence-corrected chi connectivity index (χ4v) is 2.88. The number of H-pyrrole nitrogens is 1. The highest BCUT2D eigenvalue weighted by molar-refractivity contribution is 6.04. The molecule has 0 fully saturated rings. The first-order chi connectivity index (χ1) is 12.3. The van der Waals surface area contributed by atoms with E-state index >= 15 is 0 Å². The van der Waals surface area contributed by atoms with Gasteiger partial charge in [0.2, 0.25) is 0 Å². The topological polar surface area (TPSA) is 70.7 Å². The molecular formula is C20H16N4O. The van der Waals surface area contributed by atoms with Gasteiger partial charge in [-0.25, -0.2) is 0 Å². The lowest BCUT2D eigenvalue weighted by atomic mass is 9.98. The van der Waals surface area contributed by atoms with Crippen LogP contribution >= 0.6 is 0 Å². The van der Waals surface area contributed by atoms with Crippen LogP contribution < -0.4 is 5.32 Å². The van der Waals surface area contributed by atoms with Gasteiger partial charge in [-0.05, 0) is 17.2 Å². The summed E-state index contributed by atoms with van der Waals surface area (Å²) in [7, 11) is 0. The zero-order valence-corrected chi connectivity index (χ0v) is 13.4. The van der Waals surface area contributed by atoms with Crippen molar-refractivity contribution in [2.75, 3.05) is 0 Å². The van der Waals surface area contributed by atoms with Crippen molar-refractivity contribution >= 4 is 16.8 Å². The van der Waals surface area contributed by atoms with Crippen molar-refractivity contribution in [2.24, 2.45) is 0 Å². The number of amides is 1. The van der Waals surface area contributed by atoms with E-state index in [1.54, 1.807) is 18.5 Å². The van der Waals surface area contributed by atoms with Gasteiger partial charge in [0.25, 0.3) is 5.91 Å². The summed E-state index contributed by atoms with van der Waals surface area (Å²) in [4.78, 5) is 16.9. The minimum atomic E-state index is -0.252. The highest BCUT2D eigenvalue weighted by atomic mass is 16.2. The van der Waals surface area contributed by atoms with Crippen LogP contribution in [0.15, 0.2) is 79.1 Å². The Morgan fingerprint density at radius 1 is 0.920 bits per heavy atom. The molecule has 0 aliphatic heterocycles. The lowest BCUT2D eigenvalue weighted by Gasteiger charge is -2.19. The molecule has 0 saturated carbocycles. The Hall–Kier alpha value is -3.47. The number of hydrogen-bond acceptors (Lipinski definition) is 3. The number of aromatic nitrogens is 3. The predicted octanol–water partition coefficient (Wildman–Crippen LogP) is 3.48. The second-order valence-electron chi connectivity index (χ2n) is 5.72. The fraction of sp³-hybridized carbons (Fsp3) is 0.0500. The first-order valence-corrected chi connectivity index (χ1v) is 8.02. The van der Waals surface area contributed by atoms with Crippen LogP contribution in [0.25, 0.3) is 10.9 Å². The third kappa shape index (κ3) is 2.99. The minimum Gasteiger partial charge on any atom is -0.340 e. The molecule has 0 atom stereocenters. The van der Waals surface area contributed by atoms with E-state index in [1.807, 2.05) is 60.7 Å². The van der Waals surface area contributed by atoms with Crippen LogP contribution in [0.5, 0.6) is 0 Å². The quantitative estimate of drug-likeness (QED) is 0.602. The Kier molecular flexibility index (Phi) is 3.96. The van der Waals surface area contributed by atoms with E-state index in [1.165, 1.54) is 0 Å². The van der Waals surface area contributed by atoms with Gasteiger partial charge < -0.3 is 5.32 Å². The maximum absolute atomic E-state index is 12.9. The van der Waals surface area contributed by atoms with Gasteiger partial charge in [0.1, 0.15) is 0 Å². The molecular weight excluding hydrogens is 312 g/mol. The Bertz CT molecular complexity index is 956. The SMILES string of the molecule is O=C(NC(c1ccccc1)c1ccccc1)c1n[nH]c2ccncc12. The van der Waals surface area contributed by atoms with Gasteiger partial charge in [-0.15, -0.1) is 0 Å². The van der Waals surface area contributed by atoms with Crippen LogP contribution in [-0.2, 0) is 0 Å². The summed E-state index contributed by atoms with van der Waals surface area (Å²) < 4.78 is 0. The van der Waals surface area contributed by atoms with Crippen LogP contribution in [0, 0.1) is 0 Å². The van der Waals surface area contributed by atoms with E-state index in [0.29, 0.717) is 11.1 Å². The Labute approximate surface area is 144 Å². The number of hydrogen-bond donors (Lipinski definition) is 2. The van der Waals surface area contributed by atoms with Crippen molar-refractivity contribution in [2.45, 2.75) is 6.04 Å². The Morgan fingerprint density at radius 3 is 2.20 bits per heavy atom. The van der Waals surface area contributed by atoms with Crippen LogP contribution in [-0.4, -0.2) is 21.1 Å². The summed E-state index contributed by atoms with van der Waals surface area (Å²) in [6.45, 7) is 0. The number of nitrogens with zero attached hydrogens (tertiary/aromatic N) is 2. The van der Waals surface area contributed by atoms with Gasteiger partial charge >= 0.3 is 0 Å². The van der Waals surface area contributed by atoms with Crippen molar-refractivity contribution in [3.8, 4) is 0 Å². The molecule has 0 saturated heterocycles. The van der Waals surface area contributed by atoms with Crippen molar-refractivity contribution in [1.29, 1.82) is 0 Å². The average molecular weight is 328 g/mol. The molecule has 122 valence electrons. The van der Waals surface area contributed by atoms with Gasteiger partial charge in [-0.3, -0.25) is 14.9 Å². The number of benzene rings is 2. The summed E-state index contributed by atoms with van der Waals surface area (Å²) >= 11 is 0. The molecule has 4 rings (SSSR count). The molecule has 5 nitrogen and oxygen atoms in total. The highest BCUT2D eigenvalue weighted by Crippen LogP contribution is 2.23. The van der Waals surface area contributed by atoms with Crippen molar-refractivity contribution < 1.29 is 4.79 Å². The molecule has 4 aromatic rings. The Balaban J connectivity index is 1.70. The predicted molar refractivity (Wildman–Crippen MR) is 96.1 cm³/mol. The summed E-state index contributed by atoms with van der Waals surface area (Å²) in [6.07, 6.45) is 3.31. The number of pyridine rings is 1. The van der Waals surface area contributed by atoms with Crippen molar-refractivity contribution in [1.82, 2.24) is 20.5 Å². The standard InChI is InChI=1S/C20H16N4O/c25-20(19-16-13-21-12-11-17(16)23-24-19)22-18(14-7-3-1-4-8-14)15-9-5-2-6-10-15/h1-13,18H,(H,22,25)(H,23,24). The van der Waals surface area contributed by atoms with Crippen LogP contribution in [0.3, 0.4) is 0 Å². The van der Waals surface area contributed by atoms with Gasteiger partial charge in [0.15, 0.2) is 5.69 Å². The zero-order chi connectivity index (χ0) is 17.1. The van der Waals surface area contributed by atoms with E-state index in [4.69, 9.17) is 0 Å². The smallest absolute Gasteiger partial charge is 0.273 e. The molecule has 0 bridgehead atoms. The molecule has 2 aromatic heterocycles. The number of aromatic amines is 1. The second-order valence-corrected chi connectivity index (χ2v) is 5.72. The van der Waals surface area contributed by atoms with Crippen LogP contribution in [0.1, 0.15) is 27.7 Å². The summed E-state index contributed by atoms with van der Waals surface area (Å²) in [5.41, 5.74) is 3.16. The first kappa shape index (κ1) is 15.1. The van der Waals surface area contributed by atoms with E-state index in [0.717, 1.165) is 16.6 Å². The van der Waals surface area contributed by atoms with Gasteiger partial charge in [0, 0.05) is 12.4 Å². The van der Waals surface area contributed by atoms with Crippen LogP contribution in [0.2, 0.25) is 0 Å². The monoisotopic (exact) mass is 328 g/mol. The summed E-state index contributed by atoms with van der Waals surface area (Å²) in [5, 5.41) is 10.8. The third-order valence-electron chi connectivity index (χ3n) is 4.12. The van der Waals surface area contributed by atoms with Crippen molar-refractivity contribution in [3.63, 3.8) is 0 Å². The highest BCUT2D eigenvalue weighted by Gasteiger charge is 2.20. The largest absolute Gasteiger partial charge is 0.340 e. The molecule has 5 heteroatoms. The van der Waals surface area contributed by atoms with Gasteiger partial charge in [-0.1, -0.05) is 60.7 Å². The molecule has 0 radical (unpaired) electrons. The molecule has 2 heterocycles. The minimum absolute atomic E-state index is 0.239. The molecule has 2 N–H and O–H groups in total. The van der Waals surface area contributed by atoms with E-state index in [2.05, 4.69) is 20.5 Å². The van der Waals surface area contributed by atoms with Crippen LogP contribution in [0.4, 0.5) is 0 Å². The maximum Gasteiger partial charge on any atom is 0.273 e. The summed E-state index contributed by atoms with van der Waals surface area (Å²) in [6, 6.07) is 21.3. The molecule has 0 spiro atoms. The van der Waals surface area contributed by atoms with E-state index in [9.17, 15) is 4.79 Å². The first-order valence-electron chi connectivity index (χ1n) is 8.02. The number of rotatable bonds is 4. The maximum atomic E-state index is 12.9. The lowest BCUT2D eigenvalue weighted by Crippen LogP contribution is -2.29. The van der Waals surface area contributed by atoms with Gasteiger partial charge in [-0.2, -0.15) is 5.10 Å². The molecule has 0 aliphatic rings. The van der Waals surface area contributed by atoms with E-state index < -0.39 is 0 Å². The molecule has 0 aliphatic carbocycles. The van der Waals surface area contributed by atoms with Crippen molar-refractivity contribution in [3.05, 3.63) is 95.9 Å². The number of fused-ring (bicyclic) bond motifs is 1.